The van der Waals surface area contributed by atoms with Crippen LogP contribution in [0.4, 0.5) is 5.69 Å². The summed E-state index contributed by atoms with van der Waals surface area (Å²) in [7, 11) is 0. The molecule has 3 atom stereocenters. The fourth-order valence-corrected chi connectivity index (χ4v) is 5.36. The third-order valence-corrected chi connectivity index (χ3v) is 6.90. The van der Waals surface area contributed by atoms with E-state index in [1.807, 2.05) is 12.1 Å². The molecule has 0 radical (unpaired) electrons. The quantitative estimate of drug-likeness (QED) is 0.899. The van der Waals surface area contributed by atoms with Crippen LogP contribution in [0.15, 0.2) is 18.2 Å². The zero-order valence-electron chi connectivity index (χ0n) is 15.9. The Balaban J connectivity index is 1.56. The smallest absolute Gasteiger partial charge is 0.254 e. The number of hydrogen-bond donors (Lipinski definition) is 1. The van der Waals surface area contributed by atoms with Crippen molar-refractivity contribution in [1.29, 1.82) is 0 Å². The van der Waals surface area contributed by atoms with Crippen LogP contribution in [-0.2, 0) is 4.74 Å². The second kappa shape index (κ2) is 6.86. The first-order valence-corrected chi connectivity index (χ1v) is 9.96. The highest BCUT2D eigenvalue weighted by Gasteiger charge is 2.56. The Labute approximate surface area is 155 Å². The van der Waals surface area contributed by atoms with Gasteiger partial charge in [-0.3, -0.25) is 4.79 Å². The van der Waals surface area contributed by atoms with E-state index in [1.165, 1.54) is 5.69 Å². The number of anilines is 1. The van der Waals surface area contributed by atoms with Crippen molar-refractivity contribution < 1.29 is 14.6 Å². The molecule has 26 heavy (non-hydrogen) atoms. The molecular weight excluding hydrogens is 328 g/mol. The Morgan fingerprint density at radius 1 is 1.31 bits per heavy atom. The lowest BCUT2D eigenvalue weighted by Crippen LogP contribution is -2.42. The number of aryl methyl sites for hydroxylation is 1. The molecule has 142 valence electrons. The molecule has 1 amide bonds. The standard InChI is InChI=1S/C21H30N2O3/c1-3-21(14-24)13-17-5-7-19(21)23(17)20(25)16-4-6-18(15(2)12-16)22-8-10-26-11-9-22/h4,6,12,17,19,24H,3,5,7-11,13-14H2,1-2H3/t17-,19+,21-/m0/s1. The molecule has 1 N–H and O–H groups in total. The van der Waals surface area contributed by atoms with Crippen molar-refractivity contribution in [3.63, 3.8) is 0 Å². The highest BCUT2D eigenvalue weighted by atomic mass is 16.5. The first kappa shape index (κ1) is 17.8. The topological polar surface area (TPSA) is 53.0 Å². The van der Waals surface area contributed by atoms with Crippen molar-refractivity contribution in [2.75, 3.05) is 37.8 Å². The number of aliphatic hydroxyl groups is 1. The predicted octanol–water partition coefficient (Wildman–Crippen LogP) is 2.60. The maximum absolute atomic E-state index is 13.3. The molecule has 0 aliphatic carbocycles. The van der Waals surface area contributed by atoms with Gasteiger partial charge in [-0.05, 0) is 56.4 Å². The number of carbonyl (C=O) groups excluding carboxylic acids is 1. The number of benzene rings is 1. The summed E-state index contributed by atoms with van der Waals surface area (Å²) >= 11 is 0. The van der Waals surface area contributed by atoms with Crippen LogP contribution in [0.25, 0.3) is 0 Å². The Morgan fingerprint density at radius 3 is 2.69 bits per heavy atom. The zero-order valence-corrected chi connectivity index (χ0v) is 15.9. The van der Waals surface area contributed by atoms with Gasteiger partial charge in [-0.1, -0.05) is 6.92 Å². The molecule has 4 rings (SSSR count). The van der Waals surface area contributed by atoms with Crippen molar-refractivity contribution in [3.8, 4) is 0 Å². The Hall–Kier alpha value is -1.59. The first-order chi connectivity index (χ1) is 12.6. The number of fused-ring (bicyclic) bond motifs is 2. The summed E-state index contributed by atoms with van der Waals surface area (Å²) in [5, 5.41) is 9.98. The summed E-state index contributed by atoms with van der Waals surface area (Å²) in [4.78, 5) is 17.7. The molecule has 3 aliphatic rings. The number of carbonyl (C=O) groups is 1. The van der Waals surface area contributed by atoms with Crippen molar-refractivity contribution in [3.05, 3.63) is 29.3 Å². The lowest BCUT2D eigenvalue weighted by atomic mass is 9.72. The highest BCUT2D eigenvalue weighted by Crippen LogP contribution is 2.51. The van der Waals surface area contributed by atoms with Crippen LogP contribution in [0.2, 0.25) is 0 Å². The lowest BCUT2D eigenvalue weighted by Gasteiger charge is -2.35. The molecule has 2 bridgehead atoms. The molecule has 3 saturated heterocycles. The summed E-state index contributed by atoms with van der Waals surface area (Å²) in [6.07, 6.45) is 3.98. The molecule has 0 spiro atoms. The number of aliphatic hydroxyl groups excluding tert-OH is 1. The largest absolute Gasteiger partial charge is 0.396 e. The van der Waals surface area contributed by atoms with Crippen LogP contribution in [0.1, 0.15) is 48.5 Å². The molecule has 0 aromatic heterocycles. The summed E-state index contributed by atoms with van der Waals surface area (Å²) in [6.45, 7) is 7.74. The zero-order chi connectivity index (χ0) is 18.3. The van der Waals surface area contributed by atoms with E-state index >= 15 is 0 Å². The average molecular weight is 358 g/mol. The van der Waals surface area contributed by atoms with Gasteiger partial charge in [0.2, 0.25) is 0 Å². The molecule has 3 heterocycles. The molecular formula is C21H30N2O3. The van der Waals surface area contributed by atoms with E-state index < -0.39 is 0 Å². The van der Waals surface area contributed by atoms with Crippen LogP contribution in [0.5, 0.6) is 0 Å². The third kappa shape index (κ3) is 2.72. The van der Waals surface area contributed by atoms with Crippen molar-refractivity contribution in [2.45, 2.75) is 51.6 Å². The number of morpholine rings is 1. The number of amides is 1. The number of hydrogen-bond acceptors (Lipinski definition) is 4. The predicted molar refractivity (Wildman–Crippen MR) is 102 cm³/mol. The lowest BCUT2D eigenvalue weighted by molar-refractivity contribution is 0.0557. The van der Waals surface area contributed by atoms with E-state index in [1.54, 1.807) is 0 Å². The van der Waals surface area contributed by atoms with Gasteiger partial charge in [0.15, 0.2) is 0 Å². The maximum atomic E-state index is 13.3. The van der Waals surface area contributed by atoms with Crippen LogP contribution < -0.4 is 4.90 Å². The van der Waals surface area contributed by atoms with Gasteiger partial charge in [-0.2, -0.15) is 0 Å². The van der Waals surface area contributed by atoms with Gasteiger partial charge < -0.3 is 19.6 Å². The highest BCUT2D eigenvalue weighted by molar-refractivity contribution is 5.96. The van der Waals surface area contributed by atoms with Gasteiger partial charge in [0, 0.05) is 41.8 Å². The molecule has 5 nitrogen and oxygen atoms in total. The van der Waals surface area contributed by atoms with E-state index in [0.717, 1.165) is 63.1 Å². The van der Waals surface area contributed by atoms with Gasteiger partial charge in [-0.25, -0.2) is 0 Å². The minimum Gasteiger partial charge on any atom is -0.396 e. The van der Waals surface area contributed by atoms with E-state index in [0.29, 0.717) is 6.04 Å². The molecule has 0 saturated carbocycles. The first-order valence-electron chi connectivity index (χ1n) is 9.96. The summed E-state index contributed by atoms with van der Waals surface area (Å²) < 4.78 is 5.44. The van der Waals surface area contributed by atoms with Crippen LogP contribution in [-0.4, -0.2) is 60.9 Å². The number of nitrogens with zero attached hydrogens (tertiary/aromatic N) is 2. The fourth-order valence-electron chi connectivity index (χ4n) is 5.36. The van der Waals surface area contributed by atoms with Gasteiger partial charge >= 0.3 is 0 Å². The van der Waals surface area contributed by atoms with Gasteiger partial charge in [-0.15, -0.1) is 0 Å². The van der Waals surface area contributed by atoms with Crippen LogP contribution in [0, 0.1) is 12.3 Å². The molecule has 5 heteroatoms. The number of ether oxygens (including phenoxy) is 1. The van der Waals surface area contributed by atoms with E-state index in [9.17, 15) is 9.90 Å². The second-order valence-electron chi connectivity index (χ2n) is 8.14. The Kier molecular flexibility index (Phi) is 4.70. The summed E-state index contributed by atoms with van der Waals surface area (Å²) in [6, 6.07) is 6.58. The van der Waals surface area contributed by atoms with Crippen LogP contribution >= 0.6 is 0 Å². The average Bonchev–Trinajstić information content (AvgIpc) is 3.24. The minimum absolute atomic E-state index is 0.0959. The SMILES string of the molecule is CC[C@@]1(CO)C[C@@H]2CC[C@H]1N2C(=O)c1ccc(N2CCOCC2)c(C)c1. The monoisotopic (exact) mass is 358 g/mol. The summed E-state index contributed by atoms with van der Waals surface area (Å²) in [5.41, 5.74) is 3.03. The van der Waals surface area contributed by atoms with Gasteiger partial charge in [0.1, 0.15) is 0 Å². The van der Waals surface area contributed by atoms with Crippen LogP contribution in [0.3, 0.4) is 0 Å². The normalized spacial score (nSPS) is 30.9. The van der Waals surface area contributed by atoms with Gasteiger partial charge in [0.05, 0.1) is 19.8 Å². The van der Waals surface area contributed by atoms with Gasteiger partial charge in [0.25, 0.3) is 5.91 Å². The van der Waals surface area contributed by atoms with E-state index in [2.05, 4.69) is 29.7 Å². The number of rotatable bonds is 4. The molecule has 1 aromatic carbocycles. The third-order valence-electron chi connectivity index (χ3n) is 6.90. The van der Waals surface area contributed by atoms with Crippen molar-refractivity contribution >= 4 is 11.6 Å². The Bertz CT molecular complexity index is 680. The summed E-state index contributed by atoms with van der Waals surface area (Å²) in [5.74, 6) is 0.137. The molecule has 0 unspecified atom stereocenters. The fraction of sp³-hybridized carbons (Fsp3) is 0.667. The second-order valence-corrected chi connectivity index (χ2v) is 8.14. The minimum atomic E-state index is -0.0959. The van der Waals surface area contributed by atoms with Crippen molar-refractivity contribution in [2.24, 2.45) is 5.41 Å². The molecule has 3 fully saturated rings. The van der Waals surface area contributed by atoms with Crippen molar-refractivity contribution in [1.82, 2.24) is 4.90 Å². The van der Waals surface area contributed by atoms with E-state index in [-0.39, 0.29) is 24.0 Å². The Morgan fingerprint density at radius 2 is 2.08 bits per heavy atom. The molecule has 1 aromatic rings. The van der Waals surface area contributed by atoms with E-state index in [4.69, 9.17) is 4.74 Å². The maximum Gasteiger partial charge on any atom is 0.254 e. The molecule has 3 aliphatic heterocycles.